The van der Waals surface area contributed by atoms with Crippen molar-refractivity contribution in [3.05, 3.63) is 125 Å². The molecule has 0 atom stereocenters. The van der Waals surface area contributed by atoms with Crippen molar-refractivity contribution in [2.45, 2.75) is 47.5 Å². The summed E-state index contributed by atoms with van der Waals surface area (Å²) in [5.74, 6) is 0.406. The third kappa shape index (κ3) is 4.21. The maximum Gasteiger partial charge on any atom is 0.0344 e. The van der Waals surface area contributed by atoms with Crippen LogP contribution < -0.4 is 5.32 Å². The summed E-state index contributed by atoms with van der Waals surface area (Å²) in [7, 11) is 1.96. The topological polar surface area (TPSA) is 12.0 Å². The average Bonchev–Trinajstić information content (AvgIpc) is 2.97. The first-order valence-corrected chi connectivity index (χ1v) is 15.4. The molecule has 0 radical (unpaired) electrons. The minimum atomic E-state index is 0.406. The van der Waals surface area contributed by atoms with Gasteiger partial charge in [-0.3, -0.25) is 0 Å². The zero-order valence-electron chi connectivity index (χ0n) is 26.4. The van der Waals surface area contributed by atoms with Crippen LogP contribution in [0.3, 0.4) is 0 Å². The molecule has 0 amide bonds. The van der Waals surface area contributed by atoms with E-state index in [1.54, 1.807) is 0 Å². The van der Waals surface area contributed by atoms with E-state index >= 15 is 0 Å². The first kappa shape index (κ1) is 27.2. The molecule has 7 aromatic rings. The van der Waals surface area contributed by atoms with Crippen molar-refractivity contribution in [1.29, 1.82) is 0 Å². The second kappa shape index (κ2) is 9.99. The van der Waals surface area contributed by atoms with Gasteiger partial charge in [0.05, 0.1) is 0 Å². The van der Waals surface area contributed by atoms with Crippen molar-refractivity contribution in [3.8, 4) is 22.3 Å². The molecule has 0 aliphatic carbocycles. The van der Waals surface area contributed by atoms with Gasteiger partial charge in [-0.1, -0.05) is 128 Å². The van der Waals surface area contributed by atoms with E-state index in [-0.39, 0.29) is 0 Å². The summed E-state index contributed by atoms with van der Waals surface area (Å²) in [5, 5.41) is 13.9. The maximum absolute atomic E-state index is 4.43. The number of rotatable bonds is 5. The number of fused-ring (bicyclic) bond motifs is 2. The van der Waals surface area contributed by atoms with Gasteiger partial charge in [0, 0.05) is 23.7 Å². The van der Waals surface area contributed by atoms with Crippen molar-refractivity contribution in [3.63, 3.8) is 0 Å². The van der Waals surface area contributed by atoms with E-state index in [2.05, 4.69) is 138 Å². The van der Waals surface area contributed by atoms with Crippen molar-refractivity contribution in [2.75, 3.05) is 7.05 Å². The van der Waals surface area contributed by atoms with Gasteiger partial charge in [-0.05, 0) is 99.1 Å². The first-order valence-electron chi connectivity index (χ1n) is 15.4. The molecule has 0 saturated heterocycles. The fourth-order valence-corrected chi connectivity index (χ4v) is 7.52. The van der Waals surface area contributed by atoms with Crippen LogP contribution in [0.4, 0.5) is 0 Å². The molecule has 0 unspecified atom stereocenters. The van der Waals surface area contributed by atoms with Gasteiger partial charge in [-0.2, -0.15) is 0 Å². The molecule has 1 nitrogen and oxygen atoms in total. The third-order valence-electron chi connectivity index (χ3n) is 9.25. The fourth-order valence-electron chi connectivity index (χ4n) is 7.52. The second-order valence-electron chi connectivity index (χ2n) is 12.8. The summed E-state index contributed by atoms with van der Waals surface area (Å²) in [6, 6.07) is 32.6. The smallest absolute Gasteiger partial charge is 0.0344 e. The maximum atomic E-state index is 4.43. The zero-order chi connectivity index (χ0) is 30.2. The molecule has 43 heavy (non-hydrogen) atoms. The highest BCUT2D eigenvalue weighted by molar-refractivity contribution is 6.36. The van der Waals surface area contributed by atoms with Crippen LogP contribution in [0.1, 0.15) is 53.1 Å². The Balaban J connectivity index is 1.70. The van der Waals surface area contributed by atoms with Crippen LogP contribution in [0.25, 0.3) is 71.0 Å². The molecule has 1 N–H and O–H groups in total. The van der Waals surface area contributed by atoms with Crippen LogP contribution in [0.15, 0.2) is 91.5 Å². The number of nitrogens with one attached hydrogen (secondary N) is 1. The molecule has 0 saturated carbocycles. The highest BCUT2D eigenvalue weighted by atomic mass is 14.8. The van der Waals surface area contributed by atoms with Crippen LogP contribution in [-0.4, -0.2) is 7.05 Å². The molecule has 0 fully saturated rings. The highest BCUT2D eigenvalue weighted by Crippen LogP contribution is 2.48. The van der Waals surface area contributed by atoms with E-state index in [1.165, 1.54) is 93.2 Å². The summed E-state index contributed by atoms with van der Waals surface area (Å²) in [4.78, 5) is 0. The summed E-state index contributed by atoms with van der Waals surface area (Å²) >= 11 is 0. The fraction of sp³-hybridized carbons (Fsp3) is 0.190. The van der Waals surface area contributed by atoms with Gasteiger partial charge >= 0.3 is 0 Å². The first-order chi connectivity index (χ1) is 20.7. The van der Waals surface area contributed by atoms with Gasteiger partial charge in [0.2, 0.25) is 0 Å². The number of hydrogen-bond donors (Lipinski definition) is 1. The van der Waals surface area contributed by atoms with Gasteiger partial charge in [0.25, 0.3) is 0 Å². The summed E-state index contributed by atoms with van der Waals surface area (Å²) in [6.45, 7) is 17.8. The van der Waals surface area contributed by atoms with Crippen LogP contribution in [0.2, 0.25) is 0 Å². The minimum Gasteiger partial charge on any atom is -0.388 e. The molecule has 7 aromatic carbocycles. The molecule has 0 heterocycles. The molecule has 0 bridgehead atoms. The normalized spacial score (nSPS) is 11.9. The van der Waals surface area contributed by atoms with Gasteiger partial charge < -0.3 is 5.32 Å². The minimum absolute atomic E-state index is 0.406. The van der Waals surface area contributed by atoms with E-state index in [0.29, 0.717) is 5.92 Å². The Morgan fingerprint density at radius 3 is 1.42 bits per heavy atom. The standard InChI is InChI=1S/C42H39N/c1-23(2)31-9-13-35-36-14-10-32(28(7)43-8)40-34(30-21-26(5)18-27(6)22-30)12-16-38(42(36)40)37-15-11-33(39(31)41(35)37)29-19-24(3)17-25(4)20-29/h9-23,43H,7H2,1-6,8H3. The van der Waals surface area contributed by atoms with E-state index in [9.17, 15) is 0 Å². The Labute approximate surface area is 255 Å². The summed E-state index contributed by atoms with van der Waals surface area (Å²) < 4.78 is 0. The van der Waals surface area contributed by atoms with Gasteiger partial charge in [-0.25, -0.2) is 0 Å². The molecule has 212 valence electrons. The quantitative estimate of drug-likeness (QED) is 0.164. The SMILES string of the molecule is C=C(NC)c1ccc2c3ccc(C(C)C)c4c(-c5cc(C)cc(C)c5)ccc(c5ccc(-c6cc(C)cc(C)c6)c1c52)c43. The zero-order valence-corrected chi connectivity index (χ0v) is 26.4. The van der Waals surface area contributed by atoms with Crippen molar-refractivity contribution in [1.82, 2.24) is 5.32 Å². The molecule has 0 aliphatic rings. The van der Waals surface area contributed by atoms with Crippen LogP contribution in [-0.2, 0) is 0 Å². The van der Waals surface area contributed by atoms with Gasteiger partial charge in [-0.15, -0.1) is 0 Å². The number of aryl methyl sites for hydroxylation is 4. The predicted molar refractivity (Wildman–Crippen MR) is 190 cm³/mol. The van der Waals surface area contributed by atoms with Crippen LogP contribution in [0, 0.1) is 27.7 Å². The molecule has 0 spiro atoms. The lowest BCUT2D eigenvalue weighted by molar-refractivity contribution is 0.877. The Morgan fingerprint density at radius 2 is 0.953 bits per heavy atom. The molecular weight excluding hydrogens is 518 g/mol. The Morgan fingerprint density at radius 1 is 0.535 bits per heavy atom. The van der Waals surface area contributed by atoms with Gasteiger partial charge in [0.1, 0.15) is 0 Å². The van der Waals surface area contributed by atoms with Gasteiger partial charge in [0.15, 0.2) is 0 Å². The number of benzene rings is 7. The number of hydrogen-bond acceptors (Lipinski definition) is 1. The Bertz CT molecular complexity index is 2180. The third-order valence-corrected chi connectivity index (χ3v) is 9.25. The summed E-state index contributed by atoms with van der Waals surface area (Å²) in [5.41, 5.74) is 13.8. The molecular formula is C42H39N. The van der Waals surface area contributed by atoms with E-state index in [0.717, 1.165) is 11.3 Å². The van der Waals surface area contributed by atoms with Crippen molar-refractivity contribution in [2.24, 2.45) is 0 Å². The monoisotopic (exact) mass is 557 g/mol. The highest BCUT2D eigenvalue weighted by Gasteiger charge is 2.22. The lowest BCUT2D eigenvalue weighted by Gasteiger charge is -2.23. The van der Waals surface area contributed by atoms with E-state index in [4.69, 9.17) is 0 Å². The van der Waals surface area contributed by atoms with Crippen LogP contribution in [0.5, 0.6) is 0 Å². The largest absolute Gasteiger partial charge is 0.388 e. The lowest BCUT2D eigenvalue weighted by atomic mass is 9.81. The van der Waals surface area contributed by atoms with Crippen molar-refractivity contribution >= 4 is 48.8 Å². The molecule has 7 rings (SSSR count). The Kier molecular flexibility index (Phi) is 6.32. The molecule has 0 aliphatic heterocycles. The molecule has 1 heteroatoms. The van der Waals surface area contributed by atoms with Crippen LogP contribution >= 0.6 is 0 Å². The average molecular weight is 558 g/mol. The predicted octanol–water partition coefficient (Wildman–Crippen LogP) is 11.6. The molecule has 0 aromatic heterocycles. The van der Waals surface area contributed by atoms with E-state index in [1.807, 2.05) is 7.05 Å². The lowest BCUT2D eigenvalue weighted by Crippen LogP contribution is -2.04. The van der Waals surface area contributed by atoms with Crippen molar-refractivity contribution < 1.29 is 0 Å². The van der Waals surface area contributed by atoms with E-state index < -0.39 is 0 Å². The summed E-state index contributed by atoms with van der Waals surface area (Å²) in [6.07, 6.45) is 0. The Hall–Kier alpha value is -4.62. The second-order valence-corrected chi connectivity index (χ2v) is 12.8.